The Bertz CT molecular complexity index is 1160. The Kier molecular flexibility index (Phi) is 59.6. The van der Waals surface area contributed by atoms with Crippen molar-refractivity contribution in [2.75, 3.05) is 13.2 Å². The Morgan fingerprint density at radius 2 is 0.500 bits per heavy atom. The monoisotopic (exact) mass is 1010 g/mol. The van der Waals surface area contributed by atoms with Crippen molar-refractivity contribution in [3.63, 3.8) is 0 Å². The summed E-state index contributed by atoms with van der Waals surface area (Å²) >= 11 is 0. The zero-order valence-electron chi connectivity index (χ0n) is 48.7. The predicted molar refractivity (Wildman–Crippen MR) is 312 cm³/mol. The number of hydrogen-bond donors (Lipinski definition) is 0. The van der Waals surface area contributed by atoms with Crippen molar-refractivity contribution in [1.82, 2.24) is 0 Å². The van der Waals surface area contributed by atoms with Gasteiger partial charge in [-0.2, -0.15) is 0 Å². The first-order chi connectivity index (χ1) is 35.5. The Morgan fingerprint density at radius 1 is 0.278 bits per heavy atom. The zero-order chi connectivity index (χ0) is 52.2. The van der Waals surface area contributed by atoms with Crippen LogP contribution in [0, 0.1) is 0 Å². The van der Waals surface area contributed by atoms with Crippen molar-refractivity contribution in [3.8, 4) is 0 Å². The molecular weight excluding hydrogens is 889 g/mol. The summed E-state index contributed by atoms with van der Waals surface area (Å²) in [5.41, 5.74) is 0. The minimum absolute atomic E-state index is 0.0684. The second-order valence-electron chi connectivity index (χ2n) is 22.0. The Labute approximate surface area is 449 Å². The first kappa shape index (κ1) is 69.9. The molecule has 0 rings (SSSR count). The molecule has 0 aromatic rings. The number of allylic oxidation sites excluding steroid dienone is 4. The van der Waals surface area contributed by atoms with Crippen LogP contribution >= 0.6 is 0 Å². The van der Waals surface area contributed by atoms with E-state index in [0.29, 0.717) is 19.3 Å². The van der Waals surface area contributed by atoms with E-state index < -0.39 is 6.10 Å². The third-order valence-corrected chi connectivity index (χ3v) is 14.7. The fourth-order valence-electron chi connectivity index (χ4n) is 9.83. The van der Waals surface area contributed by atoms with Gasteiger partial charge >= 0.3 is 17.9 Å². The summed E-state index contributed by atoms with van der Waals surface area (Å²) in [7, 11) is 0. The molecule has 0 saturated carbocycles. The molecule has 0 aromatic carbocycles. The summed E-state index contributed by atoms with van der Waals surface area (Å²) in [5.74, 6) is -0.847. The first-order valence-corrected chi connectivity index (χ1v) is 32.3. The van der Waals surface area contributed by atoms with Crippen LogP contribution in [0.1, 0.15) is 361 Å². The largest absolute Gasteiger partial charge is 0.462 e. The van der Waals surface area contributed by atoms with Crippen molar-refractivity contribution in [2.24, 2.45) is 0 Å². The second kappa shape index (κ2) is 61.4. The van der Waals surface area contributed by atoms with Crippen LogP contribution in [0.3, 0.4) is 0 Å². The van der Waals surface area contributed by atoms with Crippen LogP contribution in [0.5, 0.6) is 0 Å². The molecule has 0 spiro atoms. The number of carbonyl (C=O) groups excluding carboxylic acids is 3. The third-order valence-electron chi connectivity index (χ3n) is 14.7. The van der Waals surface area contributed by atoms with E-state index in [1.54, 1.807) is 0 Å². The van der Waals surface area contributed by atoms with Gasteiger partial charge in [0.15, 0.2) is 6.10 Å². The maximum atomic E-state index is 12.9. The van der Waals surface area contributed by atoms with Crippen LogP contribution in [0.4, 0.5) is 0 Å². The standard InChI is InChI=1S/C66H124O6/c1-4-7-10-13-16-19-22-25-28-30-32-33-34-36-38-41-44-47-50-53-56-59-65(68)71-62-63(61-70-64(67)58-55-52-49-46-43-40-37-27-24-21-18-15-12-9-6-3)72-66(69)60-57-54-51-48-45-42-39-35-31-29-26-23-20-17-14-11-8-5-2/h20,23,29,31,63H,4-19,21-22,24-28,30,32-62H2,1-3H3/b23-20-,31-29-. The normalized spacial score (nSPS) is 12.1. The highest BCUT2D eigenvalue weighted by Crippen LogP contribution is 2.18. The van der Waals surface area contributed by atoms with Gasteiger partial charge in [-0.1, -0.05) is 315 Å². The Balaban J connectivity index is 4.30. The molecule has 424 valence electrons. The van der Waals surface area contributed by atoms with Crippen LogP contribution < -0.4 is 0 Å². The SMILES string of the molecule is CCCCCC/C=C\C/C=C\CCCCCCCCCC(=O)OC(COC(=O)CCCCCCCCCCCCCCCCC)COC(=O)CCCCCCCCCCCCCCCCCCCCCCC. The molecule has 0 saturated heterocycles. The molecule has 0 heterocycles. The van der Waals surface area contributed by atoms with Gasteiger partial charge in [0.2, 0.25) is 0 Å². The molecule has 0 aliphatic carbocycles. The predicted octanol–water partition coefficient (Wildman–Crippen LogP) is 21.8. The molecule has 72 heavy (non-hydrogen) atoms. The van der Waals surface area contributed by atoms with E-state index >= 15 is 0 Å². The molecule has 0 aliphatic heterocycles. The van der Waals surface area contributed by atoms with Crippen molar-refractivity contribution in [2.45, 2.75) is 367 Å². The lowest BCUT2D eigenvalue weighted by atomic mass is 10.0. The van der Waals surface area contributed by atoms with E-state index in [9.17, 15) is 14.4 Å². The van der Waals surface area contributed by atoms with Crippen LogP contribution in [0.25, 0.3) is 0 Å². The van der Waals surface area contributed by atoms with Crippen molar-refractivity contribution >= 4 is 17.9 Å². The summed E-state index contributed by atoms with van der Waals surface area (Å²) in [6, 6.07) is 0. The topological polar surface area (TPSA) is 78.9 Å². The minimum Gasteiger partial charge on any atom is -0.462 e. The fourth-order valence-corrected chi connectivity index (χ4v) is 9.83. The lowest BCUT2D eigenvalue weighted by Crippen LogP contribution is -2.30. The average molecular weight is 1010 g/mol. The molecule has 0 aromatic heterocycles. The minimum atomic E-state index is -0.771. The smallest absolute Gasteiger partial charge is 0.306 e. The quantitative estimate of drug-likeness (QED) is 0.0261. The van der Waals surface area contributed by atoms with E-state index in [-0.39, 0.29) is 31.1 Å². The van der Waals surface area contributed by atoms with E-state index in [0.717, 1.165) is 70.6 Å². The molecule has 6 nitrogen and oxygen atoms in total. The fraction of sp³-hybridized carbons (Fsp3) is 0.894. The average Bonchev–Trinajstić information content (AvgIpc) is 3.38. The molecule has 0 amide bonds. The van der Waals surface area contributed by atoms with Gasteiger partial charge in [0.25, 0.3) is 0 Å². The molecule has 0 radical (unpaired) electrons. The molecule has 1 atom stereocenters. The Morgan fingerprint density at radius 3 is 0.778 bits per heavy atom. The molecule has 1 unspecified atom stereocenters. The first-order valence-electron chi connectivity index (χ1n) is 32.3. The highest BCUT2D eigenvalue weighted by molar-refractivity contribution is 5.71. The van der Waals surface area contributed by atoms with Gasteiger partial charge in [0.1, 0.15) is 13.2 Å². The Hall–Kier alpha value is -2.11. The zero-order valence-corrected chi connectivity index (χ0v) is 48.7. The van der Waals surface area contributed by atoms with Gasteiger partial charge in [0, 0.05) is 19.3 Å². The summed E-state index contributed by atoms with van der Waals surface area (Å²) in [5, 5.41) is 0. The lowest BCUT2D eigenvalue weighted by Gasteiger charge is -2.18. The van der Waals surface area contributed by atoms with Crippen LogP contribution in [0.2, 0.25) is 0 Å². The van der Waals surface area contributed by atoms with Crippen LogP contribution in [-0.2, 0) is 28.6 Å². The molecule has 6 heteroatoms. The van der Waals surface area contributed by atoms with E-state index in [1.807, 2.05) is 0 Å². The van der Waals surface area contributed by atoms with Gasteiger partial charge < -0.3 is 14.2 Å². The summed E-state index contributed by atoms with van der Waals surface area (Å²) in [6.45, 7) is 6.69. The van der Waals surface area contributed by atoms with Gasteiger partial charge in [0.05, 0.1) is 0 Å². The van der Waals surface area contributed by atoms with Crippen LogP contribution in [0.15, 0.2) is 24.3 Å². The second-order valence-corrected chi connectivity index (χ2v) is 22.0. The molecule has 0 fully saturated rings. The number of rotatable bonds is 60. The van der Waals surface area contributed by atoms with E-state index in [1.165, 1.54) is 250 Å². The highest BCUT2D eigenvalue weighted by Gasteiger charge is 2.19. The van der Waals surface area contributed by atoms with Crippen molar-refractivity contribution < 1.29 is 28.6 Å². The summed E-state index contributed by atoms with van der Waals surface area (Å²) in [6.07, 6.45) is 73.2. The molecule has 0 N–H and O–H groups in total. The van der Waals surface area contributed by atoms with Crippen LogP contribution in [-0.4, -0.2) is 37.2 Å². The summed E-state index contributed by atoms with van der Waals surface area (Å²) < 4.78 is 17.0. The lowest BCUT2D eigenvalue weighted by molar-refractivity contribution is -0.167. The van der Waals surface area contributed by atoms with Gasteiger partial charge in [-0.25, -0.2) is 0 Å². The summed E-state index contributed by atoms with van der Waals surface area (Å²) in [4.78, 5) is 38.3. The van der Waals surface area contributed by atoms with Crippen molar-refractivity contribution in [1.29, 1.82) is 0 Å². The molecule has 0 aliphatic rings. The van der Waals surface area contributed by atoms with Crippen molar-refractivity contribution in [3.05, 3.63) is 24.3 Å². The number of esters is 3. The number of hydrogen-bond acceptors (Lipinski definition) is 6. The molecular formula is C66H124O6. The number of carbonyl (C=O) groups is 3. The van der Waals surface area contributed by atoms with E-state index in [2.05, 4.69) is 45.1 Å². The maximum Gasteiger partial charge on any atom is 0.306 e. The third kappa shape index (κ3) is 58.8. The highest BCUT2D eigenvalue weighted by atomic mass is 16.6. The number of ether oxygens (including phenoxy) is 3. The number of unbranched alkanes of at least 4 members (excludes halogenated alkanes) is 45. The van der Waals surface area contributed by atoms with Gasteiger partial charge in [-0.05, 0) is 51.4 Å². The maximum absolute atomic E-state index is 12.9. The van der Waals surface area contributed by atoms with E-state index in [4.69, 9.17) is 14.2 Å². The van der Waals surface area contributed by atoms with Gasteiger partial charge in [-0.15, -0.1) is 0 Å². The van der Waals surface area contributed by atoms with Gasteiger partial charge in [-0.3, -0.25) is 14.4 Å². The molecule has 0 bridgehead atoms.